The summed E-state index contributed by atoms with van der Waals surface area (Å²) in [5.74, 6) is -0.241. The van der Waals surface area contributed by atoms with E-state index in [4.69, 9.17) is 0 Å². The fraction of sp³-hybridized carbons (Fsp3) is 0.500. The monoisotopic (exact) mass is 407 g/mol. The normalized spacial score (nSPS) is 20.4. The lowest BCUT2D eigenvalue weighted by Crippen LogP contribution is -2.35. The lowest BCUT2D eigenvalue weighted by molar-refractivity contribution is -0.127. The Morgan fingerprint density at radius 1 is 1.24 bits per heavy atom. The number of hydrogen-bond donors (Lipinski definition) is 1. The molecule has 0 spiro atoms. The van der Waals surface area contributed by atoms with Gasteiger partial charge in [0.1, 0.15) is 0 Å². The molecule has 6 nitrogen and oxygen atoms in total. The summed E-state index contributed by atoms with van der Waals surface area (Å²) in [7, 11) is 0. The van der Waals surface area contributed by atoms with Gasteiger partial charge in [0.15, 0.2) is 0 Å². The first-order valence-corrected chi connectivity index (χ1v) is 9.46. The summed E-state index contributed by atoms with van der Waals surface area (Å²) in [4.78, 5) is 39.6. The largest absolute Gasteiger partial charge is 0.356 e. The van der Waals surface area contributed by atoms with Crippen molar-refractivity contribution in [3.05, 3.63) is 28.7 Å². The summed E-state index contributed by atoms with van der Waals surface area (Å²) >= 11 is 3.45. The summed E-state index contributed by atoms with van der Waals surface area (Å²) in [6.45, 7) is 2.44. The molecule has 3 amide bonds. The van der Waals surface area contributed by atoms with Crippen LogP contribution in [0.3, 0.4) is 0 Å². The van der Waals surface area contributed by atoms with E-state index in [1.165, 1.54) is 0 Å². The fourth-order valence-corrected chi connectivity index (χ4v) is 3.85. The van der Waals surface area contributed by atoms with E-state index in [9.17, 15) is 14.4 Å². The quantitative estimate of drug-likeness (QED) is 0.732. The van der Waals surface area contributed by atoms with Gasteiger partial charge < -0.3 is 15.1 Å². The van der Waals surface area contributed by atoms with Crippen LogP contribution in [0.25, 0.3) is 0 Å². The number of para-hydroxylation sites is 1. The number of rotatable bonds is 6. The van der Waals surface area contributed by atoms with E-state index < -0.39 is 0 Å². The molecule has 1 aromatic rings. The minimum Gasteiger partial charge on any atom is -0.356 e. The SMILES string of the molecule is O=C(NCCCN1CCCC1=O)C1CC(=O)N(c2ccccc2Br)C1. The smallest absolute Gasteiger partial charge is 0.227 e. The number of carbonyl (C=O) groups is 3. The van der Waals surface area contributed by atoms with Crippen LogP contribution in [0.5, 0.6) is 0 Å². The molecule has 1 N–H and O–H groups in total. The van der Waals surface area contributed by atoms with E-state index >= 15 is 0 Å². The number of amides is 3. The summed E-state index contributed by atoms with van der Waals surface area (Å²) in [6, 6.07) is 7.52. The van der Waals surface area contributed by atoms with Crippen molar-refractivity contribution in [3.63, 3.8) is 0 Å². The van der Waals surface area contributed by atoms with Crippen LogP contribution in [0.15, 0.2) is 28.7 Å². The number of benzene rings is 1. The molecule has 0 saturated carbocycles. The third-order valence-corrected chi connectivity index (χ3v) is 5.39. The minimum atomic E-state index is -0.326. The van der Waals surface area contributed by atoms with E-state index in [0.717, 1.165) is 29.5 Å². The Balaban J connectivity index is 1.46. The highest BCUT2D eigenvalue weighted by Gasteiger charge is 2.35. The molecule has 0 bridgehead atoms. The number of carbonyl (C=O) groups excluding carboxylic acids is 3. The highest BCUT2D eigenvalue weighted by atomic mass is 79.9. The number of anilines is 1. The van der Waals surface area contributed by atoms with Gasteiger partial charge in [0, 0.05) is 43.5 Å². The Labute approximate surface area is 155 Å². The maximum Gasteiger partial charge on any atom is 0.227 e. The van der Waals surface area contributed by atoms with Crippen LogP contribution in [-0.4, -0.2) is 48.8 Å². The Morgan fingerprint density at radius 2 is 2.04 bits per heavy atom. The molecule has 1 aromatic carbocycles. The molecule has 2 fully saturated rings. The first-order valence-electron chi connectivity index (χ1n) is 8.66. The number of hydrogen-bond acceptors (Lipinski definition) is 3. The third kappa shape index (κ3) is 4.21. The molecule has 0 aliphatic carbocycles. The first-order chi connectivity index (χ1) is 12.1. The maximum atomic E-state index is 12.3. The first kappa shape index (κ1) is 17.9. The van der Waals surface area contributed by atoms with Crippen LogP contribution in [0.2, 0.25) is 0 Å². The summed E-state index contributed by atoms with van der Waals surface area (Å²) in [6.07, 6.45) is 2.55. The molecule has 25 heavy (non-hydrogen) atoms. The van der Waals surface area contributed by atoms with Gasteiger partial charge in [-0.1, -0.05) is 12.1 Å². The predicted molar refractivity (Wildman–Crippen MR) is 98.0 cm³/mol. The van der Waals surface area contributed by atoms with E-state index in [0.29, 0.717) is 26.1 Å². The van der Waals surface area contributed by atoms with Crippen LogP contribution in [0.4, 0.5) is 5.69 Å². The molecule has 2 aliphatic rings. The Bertz CT molecular complexity index is 679. The van der Waals surface area contributed by atoms with Crippen molar-refractivity contribution in [1.29, 1.82) is 0 Å². The van der Waals surface area contributed by atoms with Gasteiger partial charge in [-0.25, -0.2) is 0 Å². The molecule has 1 atom stereocenters. The van der Waals surface area contributed by atoms with E-state index in [1.54, 1.807) is 4.90 Å². The average Bonchev–Trinajstić information content (AvgIpc) is 3.18. The lowest BCUT2D eigenvalue weighted by atomic mass is 10.1. The topological polar surface area (TPSA) is 69.7 Å². The van der Waals surface area contributed by atoms with Gasteiger partial charge in [-0.15, -0.1) is 0 Å². The standard InChI is InChI=1S/C18H22BrN3O3/c19-14-5-1-2-6-15(14)22-12-13(11-17(22)24)18(25)20-8-4-10-21-9-3-7-16(21)23/h1-2,5-6,13H,3-4,7-12H2,(H,20,25). The van der Waals surface area contributed by atoms with E-state index in [2.05, 4.69) is 21.2 Å². The Hall–Kier alpha value is -1.89. The van der Waals surface area contributed by atoms with Crippen LogP contribution in [-0.2, 0) is 14.4 Å². The van der Waals surface area contributed by atoms with Crippen LogP contribution < -0.4 is 10.2 Å². The second kappa shape index (κ2) is 7.99. The zero-order valence-electron chi connectivity index (χ0n) is 14.0. The average molecular weight is 408 g/mol. The van der Waals surface area contributed by atoms with Crippen molar-refractivity contribution in [1.82, 2.24) is 10.2 Å². The zero-order valence-corrected chi connectivity index (χ0v) is 15.6. The maximum absolute atomic E-state index is 12.3. The van der Waals surface area contributed by atoms with Crippen molar-refractivity contribution in [3.8, 4) is 0 Å². The highest BCUT2D eigenvalue weighted by Crippen LogP contribution is 2.31. The molecule has 3 rings (SSSR count). The van der Waals surface area contributed by atoms with Gasteiger partial charge in [-0.2, -0.15) is 0 Å². The van der Waals surface area contributed by atoms with Crippen molar-refractivity contribution in [2.24, 2.45) is 5.92 Å². The molecule has 2 saturated heterocycles. The number of nitrogens with zero attached hydrogens (tertiary/aromatic N) is 2. The molecule has 134 valence electrons. The molecule has 7 heteroatoms. The molecule has 2 heterocycles. The van der Waals surface area contributed by atoms with Crippen molar-refractivity contribution >= 4 is 39.3 Å². The van der Waals surface area contributed by atoms with Crippen LogP contribution in [0, 0.1) is 5.92 Å². The second-order valence-corrected chi connectivity index (χ2v) is 7.34. The summed E-state index contributed by atoms with van der Waals surface area (Å²) < 4.78 is 0.847. The van der Waals surface area contributed by atoms with Crippen molar-refractivity contribution < 1.29 is 14.4 Å². The summed E-state index contributed by atoms with van der Waals surface area (Å²) in [5, 5.41) is 2.90. The number of likely N-dealkylation sites (tertiary alicyclic amines) is 1. The summed E-state index contributed by atoms with van der Waals surface area (Å²) in [5.41, 5.74) is 0.801. The zero-order chi connectivity index (χ0) is 17.8. The van der Waals surface area contributed by atoms with Gasteiger partial charge >= 0.3 is 0 Å². The number of halogens is 1. The van der Waals surface area contributed by atoms with E-state index in [1.807, 2.05) is 29.2 Å². The van der Waals surface area contributed by atoms with E-state index in [-0.39, 0.29) is 30.1 Å². The third-order valence-electron chi connectivity index (χ3n) is 4.71. The van der Waals surface area contributed by atoms with Crippen LogP contribution >= 0.6 is 15.9 Å². The van der Waals surface area contributed by atoms with Gasteiger partial charge in [0.05, 0.1) is 11.6 Å². The Morgan fingerprint density at radius 3 is 2.76 bits per heavy atom. The van der Waals surface area contributed by atoms with Gasteiger partial charge in [0.25, 0.3) is 0 Å². The highest BCUT2D eigenvalue weighted by molar-refractivity contribution is 9.10. The molecular weight excluding hydrogens is 386 g/mol. The molecular formula is C18H22BrN3O3. The minimum absolute atomic E-state index is 0.0327. The number of nitrogens with one attached hydrogen (secondary N) is 1. The second-order valence-electron chi connectivity index (χ2n) is 6.49. The van der Waals surface area contributed by atoms with Gasteiger partial charge in [-0.3, -0.25) is 14.4 Å². The molecule has 0 radical (unpaired) electrons. The molecule has 0 aromatic heterocycles. The predicted octanol–water partition coefficient (Wildman–Crippen LogP) is 1.93. The van der Waals surface area contributed by atoms with Gasteiger partial charge in [-0.05, 0) is 40.9 Å². The molecule has 1 unspecified atom stereocenters. The molecule has 2 aliphatic heterocycles. The van der Waals surface area contributed by atoms with Crippen LogP contribution in [0.1, 0.15) is 25.7 Å². The Kier molecular flexibility index (Phi) is 5.73. The van der Waals surface area contributed by atoms with Crippen molar-refractivity contribution in [2.75, 3.05) is 31.1 Å². The fourth-order valence-electron chi connectivity index (χ4n) is 3.35. The lowest BCUT2D eigenvalue weighted by Gasteiger charge is -2.18. The van der Waals surface area contributed by atoms with Gasteiger partial charge in [0.2, 0.25) is 17.7 Å². The van der Waals surface area contributed by atoms with Crippen molar-refractivity contribution in [2.45, 2.75) is 25.7 Å².